The molecule has 0 bridgehead atoms. The molecule has 1 aromatic carbocycles. The molecule has 2 aromatic rings. The Labute approximate surface area is 134 Å². The topological polar surface area (TPSA) is 101 Å². The number of benzene rings is 1. The first kappa shape index (κ1) is 16.3. The Balaban J connectivity index is 2.29. The lowest BCUT2D eigenvalue weighted by molar-refractivity contribution is 0.101. The summed E-state index contributed by atoms with van der Waals surface area (Å²) in [7, 11) is 1.61. The zero-order valence-electron chi connectivity index (χ0n) is 13.3. The van der Waals surface area contributed by atoms with Crippen LogP contribution in [0.2, 0.25) is 0 Å². The van der Waals surface area contributed by atoms with E-state index in [1.807, 2.05) is 30.3 Å². The van der Waals surface area contributed by atoms with Gasteiger partial charge >= 0.3 is 0 Å². The van der Waals surface area contributed by atoms with Gasteiger partial charge < -0.3 is 15.8 Å². The molecule has 6 heteroatoms. The average molecular weight is 310 g/mol. The van der Waals surface area contributed by atoms with E-state index in [0.29, 0.717) is 23.6 Å². The first-order valence-corrected chi connectivity index (χ1v) is 7.05. The fourth-order valence-electron chi connectivity index (χ4n) is 2.34. The molecular formula is C17H18N4O2. The van der Waals surface area contributed by atoms with Gasteiger partial charge in [0.2, 0.25) is 0 Å². The van der Waals surface area contributed by atoms with Crippen molar-refractivity contribution in [2.24, 2.45) is 0 Å². The third-order valence-electron chi connectivity index (χ3n) is 3.50. The molecule has 0 spiro atoms. The largest absolute Gasteiger partial charge is 0.497 e. The van der Waals surface area contributed by atoms with Gasteiger partial charge in [-0.25, -0.2) is 4.98 Å². The van der Waals surface area contributed by atoms with Crippen molar-refractivity contribution in [1.29, 1.82) is 5.26 Å². The van der Waals surface area contributed by atoms with Crippen LogP contribution in [0.3, 0.4) is 0 Å². The maximum absolute atomic E-state index is 11.6. The van der Waals surface area contributed by atoms with Crippen molar-refractivity contribution in [2.75, 3.05) is 18.2 Å². The highest BCUT2D eigenvalue weighted by Crippen LogP contribution is 2.26. The van der Waals surface area contributed by atoms with Crippen molar-refractivity contribution >= 4 is 17.3 Å². The van der Waals surface area contributed by atoms with Gasteiger partial charge in [0.15, 0.2) is 5.78 Å². The molecular weight excluding hydrogens is 292 g/mol. The fraction of sp³-hybridized carbons (Fsp3) is 0.235. The van der Waals surface area contributed by atoms with E-state index in [0.717, 1.165) is 11.3 Å². The van der Waals surface area contributed by atoms with Crippen molar-refractivity contribution in [3.05, 3.63) is 46.6 Å². The molecule has 0 atom stereocenters. The SMILES string of the molecule is COc1ccc(CNc2nc(C)c(C(C)=O)c(N)c2C#N)cc1. The van der Waals surface area contributed by atoms with E-state index >= 15 is 0 Å². The standard InChI is InChI=1S/C17H18N4O2/c1-10-15(11(2)22)16(19)14(8-18)17(21-10)20-9-12-4-6-13(23-3)7-5-12/h4-7H,9H2,1-3H3,(H3,19,20,21). The molecule has 23 heavy (non-hydrogen) atoms. The molecule has 0 saturated heterocycles. The average Bonchev–Trinajstić information content (AvgIpc) is 2.52. The Morgan fingerprint density at radius 2 is 2.04 bits per heavy atom. The molecule has 0 aliphatic carbocycles. The van der Waals surface area contributed by atoms with Crippen LogP contribution in [0.15, 0.2) is 24.3 Å². The zero-order chi connectivity index (χ0) is 17.0. The molecule has 0 saturated carbocycles. The molecule has 0 aliphatic rings. The van der Waals surface area contributed by atoms with E-state index in [1.165, 1.54) is 6.92 Å². The monoisotopic (exact) mass is 310 g/mol. The van der Waals surface area contributed by atoms with Crippen LogP contribution in [0.5, 0.6) is 5.75 Å². The van der Waals surface area contributed by atoms with E-state index in [4.69, 9.17) is 10.5 Å². The molecule has 3 N–H and O–H groups in total. The smallest absolute Gasteiger partial charge is 0.163 e. The number of nitrogens with two attached hydrogens (primary N) is 1. The summed E-state index contributed by atoms with van der Waals surface area (Å²) in [5, 5.41) is 12.4. The quantitative estimate of drug-likeness (QED) is 0.823. The number of nitrogens with one attached hydrogen (secondary N) is 1. The van der Waals surface area contributed by atoms with E-state index in [1.54, 1.807) is 14.0 Å². The van der Waals surface area contributed by atoms with Gasteiger partial charge in [-0.2, -0.15) is 5.26 Å². The number of ether oxygens (including phenoxy) is 1. The Hall–Kier alpha value is -3.07. The van der Waals surface area contributed by atoms with Crippen LogP contribution in [0.25, 0.3) is 0 Å². The third kappa shape index (κ3) is 3.40. The number of ketones is 1. The maximum atomic E-state index is 11.6. The lowest BCUT2D eigenvalue weighted by Gasteiger charge is -2.13. The molecule has 0 fully saturated rings. The molecule has 0 unspecified atom stereocenters. The normalized spacial score (nSPS) is 10.0. The number of carbonyl (C=O) groups excluding carboxylic acids is 1. The minimum Gasteiger partial charge on any atom is -0.497 e. The second-order valence-corrected chi connectivity index (χ2v) is 5.08. The summed E-state index contributed by atoms with van der Waals surface area (Å²) in [4.78, 5) is 16.0. The summed E-state index contributed by atoms with van der Waals surface area (Å²) < 4.78 is 5.11. The van der Waals surface area contributed by atoms with Crippen LogP contribution in [0, 0.1) is 18.3 Å². The Morgan fingerprint density at radius 3 is 2.57 bits per heavy atom. The minimum absolute atomic E-state index is 0.171. The number of methoxy groups -OCH3 is 1. The van der Waals surface area contributed by atoms with Gasteiger partial charge in [0.1, 0.15) is 23.2 Å². The molecule has 1 aromatic heterocycles. The Morgan fingerprint density at radius 1 is 1.39 bits per heavy atom. The van der Waals surface area contributed by atoms with Crippen LogP contribution in [0.4, 0.5) is 11.5 Å². The van der Waals surface area contributed by atoms with E-state index in [-0.39, 0.29) is 17.0 Å². The number of rotatable bonds is 5. The number of hydrogen-bond donors (Lipinski definition) is 2. The number of nitrogen functional groups attached to an aromatic ring is 1. The van der Waals surface area contributed by atoms with Gasteiger partial charge in [-0.15, -0.1) is 0 Å². The number of nitrogens with zero attached hydrogens (tertiary/aromatic N) is 2. The first-order chi connectivity index (χ1) is 11.0. The zero-order valence-corrected chi connectivity index (χ0v) is 13.3. The van der Waals surface area contributed by atoms with Gasteiger partial charge in [-0.1, -0.05) is 12.1 Å². The highest BCUT2D eigenvalue weighted by atomic mass is 16.5. The second-order valence-electron chi connectivity index (χ2n) is 5.08. The molecule has 6 nitrogen and oxygen atoms in total. The number of anilines is 2. The van der Waals surface area contributed by atoms with Crippen LogP contribution in [0.1, 0.15) is 34.1 Å². The number of carbonyl (C=O) groups is 1. The van der Waals surface area contributed by atoms with Crippen LogP contribution < -0.4 is 15.8 Å². The predicted octanol–water partition coefficient (Wildman–Crippen LogP) is 2.67. The van der Waals surface area contributed by atoms with E-state index < -0.39 is 0 Å². The third-order valence-corrected chi connectivity index (χ3v) is 3.50. The molecule has 1 heterocycles. The van der Waals surface area contributed by atoms with Gasteiger partial charge in [0.05, 0.1) is 24.1 Å². The second kappa shape index (κ2) is 6.79. The summed E-state index contributed by atoms with van der Waals surface area (Å²) in [6.45, 7) is 3.59. The molecule has 0 aliphatic heterocycles. The van der Waals surface area contributed by atoms with Crippen molar-refractivity contribution in [3.8, 4) is 11.8 Å². The highest BCUT2D eigenvalue weighted by Gasteiger charge is 2.18. The van der Waals surface area contributed by atoms with Crippen molar-refractivity contribution < 1.29 is 9.53 Å². The van der Waals surface area contributed by atoms with Crippen LogP contribution in [-0.2, 0) is 6.54 Å². The lowest BCUT2D eigenvalue weighted by atomic mass is 10.0. The summed E-state index contributed by atoms with van der Waals surface area (Å²) in [6, 6.07) is 9.56. The fourth-order valence-corrected chi connectivity index (χ4v) is 2.34. The molecule has 2 rings (SSSR count). The number of aryl methyl sites for hydroxylation is 1. The summed E-state index contributed by atoms with van der Waals surface area (Å²) in [5.41, 5.74) is 8.13. The van der Waals surface area contributed by atoms with Crippen LogP contribution in [-0.4, -0.2) is 17.9 Å². The van der Waals surface area contributed by atoms with Crippen molar-refractivity contribution in [3.63, 3.8) is 0 Å². The maximum Gasteiger partial charge on any atom is 0.163 e. The molecule has 0 amide bonds. The summed E-state index contributed by atoms with van der Waals surface area (Å²) in [6.07, 6.45) is 0. The summed E-state index contributed by atoms with van der Waals surface area (Å²) >= 11 is 0. The van der Waals surface area contributed by atoms with Gasteiger partial charge in [-0.3, -0.25) is 4.79 Å². The van der Waals surface area contributed by atoms with Gasteiger partial charge in [-0.05, 0) is 31.5 Å². The Kier molecular flexibility index (Phi) is 4.82. The summed E-state index contributed by atoms with van der Waals surface area (Å²) in [5.74, 6) is 0.949. The van der Waals surface area contributed by atoms with E-state index in [2.05, 4.69) is 10.3 Å². The number of aromatic nitrogens is 1. The van der Waals surface area contributed by atoms with Crippen molar-refractivity contribution in [1.82, 2.24) is 4.98 Å². The highest BCUT2D eigenvalue weighted by molar-refractivity contribution is 6.02. The van der Waals surface area contributed by atoms with E-state index in [9.17, 15) is 10.1 Å². The molecule has 118 valence electrons. The number of Topliss-reactive ketones (excluding diaryl/α,β-unsaturated/α-hetero) is 1. The molecule has 0 radical (unpaired) electrons. The van der Waals surface area contributed by atoms with Gasteiger partial charge in [0.25, 0.3) is 0 Å². The van der Waals surface area contributed by atoms with Crippen LogP contribution >= 0.6 is 0 Å². The Bertz CT molecular complexity index is 777. The first-order valence-electron chi connectivity index (χ1n) is 7.05. The minimum atomic E-state index is -0.203. The number of hydrogen-bond acceptors (Lipinski definition) is 6. The number of nitriles is 1. The van der Waals surface area contributed by atoms with Crippen molar-refractivity contribution in [2.45, 2.75) is 20.4 Å². The predicted molar refractivity (Wildman–Crippen MR) is 88.4 cm³/mol. The number of pyridine rings is 1. The lowest BCUT2D eigenvalue weighted by Crippen LogP contribution is -2.12. The van der Waals surface area contributed by atoms with Gasteiger partial charge in [0, 0.05) is 6.54 Å².